The lowest BCUT2D eigenvalue weighted by Gasteiger charge is -2.11. The number of rotatable bonds is 3. The predicted octanol–water partition coefficient (Wildman–Crippen LogP) is 1.05. The monoisotopic (exact) mass is 296 g/mol. The predicted molar refractivity (Wildman–Crippen MR) is 73.0 cm³/mol. The minimum atomic E-state index is -3.19. The first-order valence-corrected chi connectivity index (χ1v) is 8.31. The van der Waals surface area contributed by atoms with Crippen molar-refractivity contribution >= 4 is 21.2 Å². The second kappa shape index (κ2) is 4.59. The third-order valence-electron chi connectivity index (χ3n) is 3.13. The number of hydrogen-bond acceptors (Lipinski definition) is 5. The van der Waals surface area contributed by atoms with Crippen molar-refractivity contribution in [2.75, 3.05) is 5.75 Å². The van der Waals surface area contributed by atoms with Gasteiger partial charge in [-0.1, -0.05) is 29.5 Å². The quantitative estimate of drug-likeness (QED) is 0.887. The van der Waals surface area contributed by atoms with Crippen molar-refractivity contribution in [3.05, 3.63) is 50.6 Å². The van der Waals surface area contributed by atoms with Crippen molar-refractivity contribution in [2.24, 2.45) is 0 Å². The summed E-state index contributed by atoms with van der Waals surface area (Å²) in [6.45, 7) is 0.452. The number of thiazole rings is 1. The molecule has 0 bridgehead atoms. The summed E-state index contributed by atoms with van der Waals surface area (Å²) in [5.41, 5.74) is 1.58. The van der Waals surface area contributed by atoms with E-state index in [9.17, 15) is 13.2 Å². The highest BCUT2D eigenvalue weighted by atomic mass is 32.2. The molecule has 0 saturated carbocycles. The maximum absolute atomic E-state index is 12.0. The van der Waals surface area contributed by atoms with Gasteiger partial charge in [0, 0.05) is 23.7 Å². The third kappa shape index (κ3) is 2.36. The molecule has 2 N–H and O–H groups in total. The van der Waals surface area contributed by atoms with Crippen LogP contribution in [0.5, 0.6) is 0 Å². The van der Waals surface area contributed by atoms with Crippen molar-refractivity contribution in [2.45, 2.75) is 17.5 Å². The summed E-state index contributed by atoms with van der Waals surface area (Å²) >= 11 is 1.10. The molecule has 1 aromatic heterocycles. The van der Waals surface area contributed by atoms with Crippen LogP contribution >= 0.6 is 11.3 Å². The zero-order valence-corrected chi connectivity index (χ0v) is 11.6. The van der Waals surface area contributed by atoms with E-state index in [2.05, 4.69) is 10.3 Å². The molecule has 3 rings (SSSR count). The summed E-state index contributed by atoms with van der Waals surface area (Å²) in [6, 6.07) is 6.81. The van der Waals surface area contributed by atoms with Crippen LogP contribution in [0.3, 0.4) is 0 Å². The average molecular weight is 296 g/mol. The van der Waals surface area contributed by atoms with E-state index in [1.165, 1.54) is 0 Å². The van der Waals surface area contributed by atoms with Crippen molar-refractivity contribution in [1.29, 1.82) is 0 Å². The number of sulfone groups is 1. The van der Waals surface area contributed by atoms with E-state index in [0.717, 1.165) is 22.6 Å². The van der Waals surface area contributed by atoms with Crippen LogP contribution in [0.1, 0.15) is 17.3 Å². The molecule has 1 atom stereocenters. The molecule has 1 unspecified atom stereocenters. The van der Waals surface area contributed by atoms with Crippen LogP contribution in [0.25, 0.3) is 0 Å². The minimum absolute atomic E-state index is 0.0702. The van der Waals surface area contributed by atoms with Gasteiger partial charge >= 0.3 is 4.87 Å². The molecular formula is C12H12N2O3S2. The maximum atomic E-state index is 12.0. The van der Waals surface area contributed by atoms with Gasteiger partial charge in [0.05, 0.1) is 10.6 Å². The molecule has 0 fully saturated rings. The Morgan fingerprint density at radius 2 is 2.16 bits per heavy atom. The largest absolute Gasteiger partial charge is 0.315 e. The zero-order chi connectivity index (χ0) is 13.5. The summed E-state index contributed by atoms with van der Waals surface area (Å²) in [7, 11) is -3.19. The summed E-state index contributed by atoms with van der Waals surface area (Å²) < 4.78 is 24.0. The Morgan fingerprint density at radius 1 is 1.37 bits per heavy atom. The molecule has 0 aliphatic carbocycles. The second-order valence-corrected chi connectivity index (χ2v) is 7.27. The van der Waals surface area contributed by atoms with Crippen LogP contribution in [0, 0.1) is 0 Å². The standard InChI is InChI=1S/C12H12N2O3S2/c15-12-14-8(6-18-12)5-13-10-7-19(16,17)11-4-2-1-3-9(10)11/h1-4,6,10,13H,5,7H2,(H,14,15). The molecule has 1 aliphatic heterocycles. The molecule has 0 amide bonds. The Kier molecular flexibility index (Phi) is 3.04. The van der Waals surface area contributed by atoms with Gasteiger partial charge in [0.15, 0.2) is 9.84 Å². The molecule has 100 valence electrons. The molecule has 0 saturated heterocycles. The number of aromatic nitrogens is 1. The molecule has 7 heteroatoms. The molecule has 2 aromatic rings. The number of H-pyrrole nitrogens is 1. The lowest BCUT2D eigenvalue weighted by molar-refractivity contribution is 0.562. The first kappa shape index (κ1) is 12.6. The SMILES string of the molecule is O=c1[nH]c(CNC2CS(=O)(=O)c3ccccc32)cs1. The van der Waals surface area contributed by atoms with Crippen molar-refractivity contribution in [3.63, 3.8) is 0 Å². The molecule has 1 aliphatic rings. The van der Waals surface area contributed by atoms with E-state index in [4.69, 9.17) is 0 Å². The number of fused-ring (bicyclic) bond motifs is 1. The molecule has 0 radical (unpaired) electrons. The first-order chi connectivity index (χ1) is 9.06. The van der Waals surface area contributed by atoms with Gasteiger partial charge in [-0.2, -0.15) is 0 Å². The number of aromatic amines is 1. The highest BCUT2D eigenvalue weighted by molar-refractivity contribution is 7.91. The lowest BCUT2D eigenvalue weighted by atomic mass is 10.1. The van der Waals surface area contributed by atoms with Crippen LogP contribution in [0.15, 0.2) is 39.3 Å². The molecule has 2 heterocycles. The molecule has 0 spiro atoms. The Bertz CT molecular complexity index is 761. The van der Waals surface area contributed by atoms with Crippen LogP contribution in [-0.4, -0.2) is 19.2 Å². The van der Waals surface area contributed by atoms with E-state index in [1.54, 1.807) is 17.5 Å². The normalized spacial score (nSPS) is 20.3. The fraction of sp³-hybridized carbons (Fsp3) is 0.250. The van der Waals surface area contributed by atoms with Gasteiger partial charge in [-0.3, -0.25) is 4.79 Å². The fourth-order valence-corrected chi connectivity index (χ4v) is 4.61. The van der Waals surface area contributed by atoms with Crippen LogP contribution in [0.4, 0.5) is 0 Å². The number of benzene rings is 1. The van der Waals surface area contributed by atoms with Crippen LogP contribution in [0.2, 0.25) is 0 Å². The summed E-state index contributed by atoms with van der Waals surface area (Å²) in [5.74, 6) is 0.0702. The van der Waals surface area contributed by atoms with Crippen LogP contribution < -0.4 is 10.2 Å². The van der Waals surface area contributed by atoms with Gasteiger partial charge in [0.25, 0.3) is 0 Å². The van der Waals surface area contributed by atoms with Gasteiger partial charge in [0.2, 0.25) is 0 Å². The summed E-state index contributed by atoms with van der Waals surface area (Å²) in [4.78, 5) is 14.0. The highest BCUT2D eigenvalue weighted by Crippen LogP contribution is 2.32. The van der Waals surface area contributed by atoms with E-state index in [1.807, 2.05) is 12.1 Å². The first-order valence-electron chi connectivity index (χ1n) is 5.78. The fourth-order valence-electron chi connectivity index (χ4n) is 2.25. The van der Waals surface area contributed by atoms with E-state index >= 15 is 0 Å². The van der Waals surface area contributed by atoms with Crippen molar-refractivity contribution in [3.8, 4) is 0 Å². The second-order valence-electron chi connectivity index (χ2n) is 4.43. The molecule has 19 heavy (non-hydrogen) atoms. The average Bonchev–Trinajstić information content (AvgIpc) is 2.90. The van der Waals surface area contributed by atoms with Gasteiger partial charge in [-0.05, 0) is 11.6 Å². The molecular weight excluding hydrogens is 284 g/mol. The molecule has 5 nitrogen and oxygen atoms in total. The van der Waals surface area contributed by atoms with Gasteiger partial charge in [-0.25, -0.2) is 8.42 Å². The highest BCUT2D eigenvalue weighted by Gasteiger charge is 2.33. The Labute approximate surface area is 114 Å². The Morgan fingerprint density at radius 3 is 2.89 bits per heavy atom. The maximum Gasteiger partial charge on any atom is 0.304 e. The summed E-state index contributed by atoms with van der Waals surface area (Å²) in [5, 5.41) is 4.92. The molecule has 1 aromatic carbocycles. The third-order valence-corrected chi connectivity index (χ3v) is 5.66. The summed E-state index contributed by atoms with van der Waals surface area (Å²) in [6.07, 6.45) is 0. The zero-order valence-electron chi connectivity index (χ0n) is 9.92. The van der Waals surface area contributed by atoms with Crippen molar-refractivity contribution in [1.82, 2.24) is 10.3 Å². The van der Waals surface area contributed by atoms with Crippen LogP contribution in [-0.2, 0) is 16.4 Å². The topological polar surface area (TPSA) is 79.0 Å². The Hall–Kier alpha value is -1.44. The van der Waals surface area contributed by atoms with E-state index < -0.39 is 9.84 Å². The van der Waals surface area contributed by atoms with E-state index in [-0.39, 0.29) is 16.7 Å². The smallest absolute Gasteiger partial charge is 0.304 e. The Balaban J connectivity index is 1.82. The van der Waals surface area contributed by atoms with E-state index in [0.29, 0.717) is 11.4 Å². The number of nitrogens with one attached hydrogen (secondary N) is 2. The van der Waals surface area contributed by atoms with Gasteiger partial charge in [0.1, 0.15) is 0 Å². The lowest BCUT2D eigenvalue weighted by Crippen LogP contribution is -2.22. The minimum Gasteiger partial charge on any atom is -0.315 e. The van der Waals surface area contributed by atoms with Crippen molar-refractivity contribution < 1.29 is 8.42 Å². The van der Waals surface area contributed by atoms with Gasteiger partial charge < -0.3 is 10.3 Å². The van der Waals surface area contributed by atoms with Gasteiger partial charge in [-0.15, -0.1) is 0 Å². The number of hydrogen-bond donors (Lipinski definition) is 2.